The minimum atomic E-state index is 0. The van der Waals surface area contributed by atoms with E-state index in [1.165, 1.54) is 0 Å². The Bertz CT molecular complexity index is 525. The summed E-state index contributed by atoms with van der Waals surface area (Å²) < 4.78 is 0. The Morgan fingerprint density at radius 1 is 1.14 bits per heavy atom. The van der Waals surface area contributed by atoms with E-state index in [9.17, 15) is 9.59 Å². The van der Waals surface area contributed by atoms with Crippen LogP contribution in [0, 0.1) is 11.8 Å². The van der Waals surface area contributed by atoms with E-state index in [4.69, 9.17) is 0 Å². The summed E-state index contributed by atoms with van der Waals surface area (Å²) >= 11 is 0. The van der Waals surface area contributed by atoms with Crippen molar-refractivity contribution < 1.29 is 9.59 Å². The van der Waals surface area contributed by atoms with Crippen LogP contribution in [-0.4, -0.2) is 31.4 Å². The molecule has 0 unspecified atom stereocenters. The molecule has 3 N–H and O–H groups in total. The van der Waals surface area contributed by atoms with Gasteiger partial charge in [-0.15, -0.1) is 12.4 Å². The van der Waals surface area contributed by atoms with Gasteiger partial charge in [0.25, 0.3) is 0 Å². The van der Waals surface area contributed by atoms with Gasteiger partial charge in [-0.25, -0.2) is 0 Å². The van der Waals surface area contributed by atoms with Crippen LogP contribution in [-0.2, 0) is 16.0 Å². The van der Waals surface area contributed by atoms with E-state index in [1.807, 2.05) is 24.3 Å². The lowest BCUT2D eigenvalue weighted by Gasteiger charge is -2.27. The zero-order valence-electron chi connectivity index (χ0n) is 12.4. The third-order valence-electron chi connectivity index (χ3n) is 3.99. The summed E-state index contributed by atoms with van der Waals surface area (Å²) in [5.74, 6) is 0.941. The van der Waals surface area contributed by atoms with Crippen LogP contribution in [0.4, 0.5) is 5.69 Å². The van der Waals surface area contributed by atoms with Gasteiger partial charge >= 0.3 is 0 Å². The predicted octanol–water partition coefficient (Wildman–Crippen LogP) is 1.33. The maximum atomic E-state index is 11.8. The van der Waals surface area contributed by atoms with Crippen molar-refractivity contribution in [2.24, 2.45) is 11.8 Å². The van der Waals surface area contributed by atoms with Crippen LogP contribution in [0.15, 0.2) is 24.3 Å². The van der Waals surface area contributed by atoms with Gasteiger partial charge in [0.2, 0.25) is 11.8 Å². The molecule has 22 heavy (non-hydrogen) atoms. The average molecular weight is 324 g/mol. The van der Waals surface area contributed by atoms with E-state index in [-0.39, 0.29) is 30.1 Å². The first-order valence-electron chi connectivity index (χ1n) is 7.58. The van der Waals surface area contributed by atoms with E-state index in [0.29, 0.717) is 12.3 Å². The van der Waals surface area contributed by atoms with Crippen molar-refractivity contribution in [3.63, 3.8) is 0 Å². The van der Waals surface area contributed by atoms with Gasteiger partial charge in [-0.2, -0.15) is 0 Å². The lowest BCUT2D eigenvalue weighted by molar-refractivity contribution is -0.120. The standard InChI is InChI=1S/C16H21N3O2.ClH/c20-15(18-10-12-8-17-9-12)7-11-1-5-14(6-2-11)19-16(21)13-3-4-13;/h1-2,5-6,12-13,17H,3-4,7-10H2,(H,18,20)(H,19,21);1H. The van der Waals surface area contributed by atoms with Crippen molar-refractivity contribution in [2.45, 2.75) is 19.3 Å². The molecule has 1 heterocycles. The first-order chi connectivity index (χ1) is 10.2. The SMILES string of the molecule is Cl.O=C(Cc1ccc(NC(=O)C2CC2)cc1)NCC1CNC1. The molecule has 1 aliphatic heterocycles. The molecule has 2 fully saturated rings. The van der Waals surface area contributed by atoms with E-state index >= 15 is 0 Å². The molecule has 1 saturated carbocycles. The molecular weight excluding hydrogens is 302 g/mol. The summed E-state index contributed by atoms with van der Waals surface area (Å²) in [5, 5.41) is 9.03. The van der Waals surface area contributed by atoms with Gasteiger partial charge in [0.05, 0.1) is 6.42 Å². The maximum Gasteiger partial charge on any atom is 0.227 e. The van der Waals surface area contributed by atoms with Crippen molar-refractivity contribution in [3.05, 3.63) is 29.8 Å². The molecule has 2 aliphatic rings. The van der Waals surface area contributed by atoms with Crippen LogP contribution in [0.1, 0.15) is 18.4 Å². The number of rotatable bonds is 6. The van der Waals surface area contributed by atoms with Gasteiger partial charge in [-0.3, -0.25) is 9.59 Å². The van der Waals surface area contributed by atoms with Gasteiger partial charge in [-0.05, 0) is 30.5 Å². The molecule has 1 aliphatic carbocycles. The number of hydrogen-bond acceptors (Lipinski definition) is 3. The van der Waals surface area contributed by atoms with Crippen LogP contribution in [0.25, 0.3) is 0 Å². The van der Waals surface area contributed by atoms with Crippen LogP contribution in [0.3, 0.4) is 0 Å². The molecule has 0 radical (unpaired) electrons. The zero-order valence-corrected chi connectivity index (χ0v) is 13.2. The van der Waals surface area contributed by atoms with E-state index < -0.39 is 0 Å². The molecule has 1 aromatic carbocycles. The fourth-order valence-electron chi connectivity index (χ4n) is 2.29. The number of benzene rings is 1. The molecule has 0 aromatic heterocycles. The van der Waals surface area contributed by atoms with E-state index in [0.717, 1.165) is 43.7 Å². The minimum Gasteiger partial charge on any atom is -0.355 e. The monoisotopic (exact) mass is 323 g/mol. The quantitative estimate of drug-likeness (QED) is 0.740. The van der Waals surface area contributed by atoms with Crippen molar-refractivity contribution in [1.29, 1.82) is 0 Å². The molecule has 1 saturated heterocycles. The van der Waals surface area contributed by atoms with Gasteiger partial charge < -0.3 is 16.0 Å². The van der Waals surface area contributed by atoms with Gasteiger partial charge in [-0.1, -0.05) is 12.1 Å². The molecule has 0 bridgehead atoms. The zero-order chi connectivity index (χ0) is 14.7. The first kappa shape index (κ1) is 16.8. The maximum absolute atomic E-state index is 11.8. The Morgan fingerprint density at radius 2 is 1.82 bits per heavy atom. The Labute approximate surface area is 136 Å². The molecular formula is C16H22ClN3O2. The van der Waals surface area contributed by atoms with Gasteiger partial charge in [0, 0.05) is 37.2 Å². The Balaban J connectivity index is 0.00000176. The second-order valence-electron chi connectivity index (χ2n) is 5.97. The molecule has 0 atom stereocenters. The van der Waals surface area contributed by atoms with Crippen LogP contribution < -0.4 is 16.0 Å². The van der Waals surface area contributed by atoms with Crippen molar-refractivity contribution in [3.8, 4) is 0 Å². The number of amides is 2. The van der Waals surface area contributed by atoms with Crippen molar-refractivity contribution >= 4 is 29.9 Å². The number of halogens is 1. The molecule has 120 valence electrons. The Morgan fingerprint density at radius 3 is 2.36 bits per heavy atom. The van der Waals surface area contributed by atoms with Gasteiger partial charge in [0.1, 0.15) is 0 Å². The number of anilines is 1. The van der Waals surface area contributed by atoms with Crippen LogP contribution >= 0.6 is 12.4 Å². The second-order valence-corrected chi connectivity index (χ2v) is 5.97. The highest BCUT2D eigenvalue weighted by Gasteiger charge is 2.29. The molecule has 3 rings (SSSR count). The Kier molecular flexibility index (Phi) is 5.80. The number of nitrogens with one attached hydrogen (secondary N) is 3. The lowest BCUT2D eigenvalue weighted by Crippen LogP contribution is -2.48. The number of carbonyl (C=O) groups is 2. The molecule has 5 nitrogen and oxygen atoms in total. The highest BCUT2D eigenvalue weighted by molar-refractivity contribution is 5.94. The van der Waals surface area contributed by atoms with E-state index in [2.05, 4.69) is 16.0 Å². The number of hydrogen-bond donors (Lipinski definition) is 3. The largest absolute Gasteiger partial charge is 0.355 e. The smallest absolute Gasteiger partial charge is 0.227 e. The Hall–Kier alpha value is -1.59. The van der Waals surface area contributed by atoms with Crippen LogP contribution in [0.5, 0.6) is 0 Å². The van der Waals surface area contributed by atoms with Crippen molar-refractivity contribution in [2.75, 3.05) is 25.0 Å². The van der Waals surface area contributed by atoms with E-state index in [1.54, 1.807) is 0 Å². The predicted molar refractivity (Wildman–Crippen MR) is 88.1 cm³/mol. The summed E-state index contributed by atoms with van der Waals surface area (Å²) in [7, 11) is 0. The average Bonchev–Trinajstić information content (AvgIpc) is 3.23. The van der Waals surface area contributed by atoms with Crippen LogP contribution in [0.2, 0.25) is 0 Å². The minimum absolute atomic E-state index is 0. The summed E-state index contributed by atoms with van der Waals surface area (Å²) in [6.45, 7) is 2.74. The number of carbonyl (C=O) groups excluding carboxylic acids is 2. The fraction of sp³-hybridized carbons (Fsp3) is 0.500. The topological polar surface area (TPSA) is 70.2 Å². The highest BCUT2D eigenvalue weighted by Crippen LogP contribution is 2.30. The molecule has 6 heteroatoms. The van der Waals surface area contributed by atoms with Gasteiger partial charge in [0.15, 0.2) is 0 Å². The third-order valence-corrected chi connectivity index (χ3v) is 3.99. The second kappa shape index (κ2) is 7.61. The fourth-order valence-corrected chi connectivity index (χ4v) is 2.29. The van der Waals surface area contributed by atoms with Crippen molar-refractivity contribution in [1.82, 2.24) is 10.6 Å². The summed E-state index contributed by atoms with van der Waals surface area (Å²) in [6, 6.07) is 7.51. The first-order valence-corrected chi connectivity index (χ1v) is 7.58. The lowest BCUT2D eigenvalue weighted by atomic mass is 10.0. The summed E-state index contributed by atoms with van der Waals surface area (Å²) in [5.41, 5.74) is 1.76. The molecule has 2 amide bonds. The summed E-state index contributed by atoms with van der Waals surface area (Å²) in [4.78, 5) is 23.5. The third kappa shape index (κ3) is 4.71. The molecule has 1 aromatic rings. The molecule has 0 spiro atoms. The highest BCUT2D eigenvalue weighted by atomic mass is 35.5. The normalized spacial score (nSPS) is 17.1. The summed E-state index contributed by atoms with van der Waals surface area (Å²) in [6.07, 6.45) is 2.39.